The number of carbonyl (C=O) groups is 1. The van der Waals surface area contributed by atoms with E-state index in [1.54, 1.807) is 7.11 Å². The summed E-state index contributed by atoms with van der Waals surface area (Å²) < 4.78 is 4.84. The van der Waals surface area contributed by atoms with Gasteiger partial charge in [-0.1, -0.05) is 6.92 Å². The lowest BCUT2D eigenvalue weighted by Gasteiger charge is -2.11. The molecule has 0 bridgehead atoms. The van der Waals surface area contributed by atoms with Crippen LogP contribution >= 0.6 is 0 Å². The number of primary amides is 1. The second-order valence-corrected chi connectivity index (χ2v) is 2.70. The van der Waals surface area contributed by atoms with E-state index >= 15 is 0 Å². The summed E-state index contributed by atoms with van der Waals surface area (Å²) in [4.78, 5) is 10.7. The zero-order valence-electron chi connectivity index (χ0n) is 7.80. The minimum absolute atomic E-state index is 0.0538. The third-order valence-corrected chi connectivity index (χ3v) is 1.77. The molecule has 0 aromatic carbocycles. The predicted octanol–water partition coefficient (Wildman–Crippen LogP) is -0.266. The van der Waals surface area contributed by atoms with Crippen molar-refractivity contribution in [2.45, 2.75) is 13.3 Å². The van der Waals surface area contributed by atoms with E-state index in [2.05, 4.69) is 5.32 Å². The number of methoxy groups -OCH3 is 1. The number of nitrogens with two attached hydrogens (primary N) is 1. The van der Waals surface area contributed by atoms with Gasteiger partial charge in [-0.25, -0.2) is 0 Å². The molecule has 12 heavy (non-hydrogen) atoms. The Morgan fingerprint density at radius 2 is 2.33 bits per heavy atom. The van der Waals surface area contributed by atoms with Crippen molar-refractivity contribution in [3.63, 3.8) is 0 Å². The molecule has 0 radical (unpaired) electrons. The number of amides is 1. The maximum absolute atomic E-state index is 10.7. The van der Waals surface area contributed by atoms with Gasteiger partial charge in [0, 0.05) is 26.1 Å². The molecular formula is C8H18N2O2. The molecule has 0 saturated carbocycles. The molecule has 1 atom stereocenters. The van der Waals surface area contributed by atoms with E-state index < -0.39 is 0 Å². The zero-order chi connectivity index (χ0) is 9.40. The fraction of sp³-hybridized carbons (Fsp3) is 0.875. The lowest BCUT2D eigenvalue weighted by atomic mass is 10.1. The van der Waals surface area contributed by atoms with Gasteiger partial charge < -0.3 is 15.8 Å². The molecule has 0 aromatic heterocycles. The molecule has 0 aromatic rings. The molecular weight excluding hydrogens is 156 g/mol. The van der Waals surface area contributed by atoms with Crippen molar-refractivity contribution in [1.29, 1.82) is 0 Å². The summed E-state index contributed by atoms with van der Waals surface area (Å²) in [5.74, 6) is -0.288. The third-order valence-electron chi connectivity index (χ3n) is 1.77. The molecule has 0 saturated heterocycles. The van der Waals surface area contributed by atoms with Crippen molar-refractivity contribution in [2.24, 2.45) is 11.7 Å². The van der Waals surface area contributed by atoms with Gasteiger partial charge in [0.15, 0.2) is 0 Å². The highest BCUT2D eigenvalue weighted by molar-refractivity contribution is 5.76. The first kappa shape index (κ1) is 11.4. The molecule has 1 unspecified atom stereocenters. The Morgan fingerprint density at radius 1 is 1.67 bits per heavy atom. The number of nitrogens with one attached hydrogen (secondary N) is 1. The molecule has 0 spiro atoms. The summed E-state index contributed by atoms with van der Waals surface area (Å²) in [6.07, 6.45) is 0.787. The van der Waals surface area contributed by atoms with E-state index in [9.17, 15) is 4.79 Å². The topological polar surface area (TPSA) is 64.3 Å². The first-order valence-electron chi connectivity index (χ1n) is 4.21. The summed E-state index contributed by atoms with van der Waals surface area (Å²) in [6.45, 7) is 4.03. The highest BCUT2D eigenvalue weighted by atomic mass is 16.5. The minimum Gasteiger partial charge on any atom is -0.383 e. The lowest BCUT2D eigenvalue weighted by molar-refractivity contribution is -0.121. The fourth-order valence-electron chi connectivity index (χ4n) is 0.897. The number of hydrogen-bond donors (Lipinski definition) is 2. The van der Waals surface area contributed by atoms with Crippen molar-refractivity contribution < 1.29 is 9.53 Å². The van der Waals surface area contributed by atoms with Gasteiger partial charge in [0.25, 0.3) is 0 Å². The van der Waals surface area contributed by atoms with Crippen molar-refractivity contribution in [1.82, 2.24) is 5.32 Å². The van der Waals surface area contributed by atoms with E-state index in [-0.39, 0.29) is 11.8 Å². The van der Waals surface area contributed by atoms with E-state index in [1.807, 2.05) is 6.92 Å². The zero-order valence-corrected chi connectivity index (χ0v) is 7.80. The lowest BCUT2D eigenvalue weighted by Crippen LogP contribution is -2.33. The standard InChI is InChI=1S/C8H18N2O2/c1-3-7(8(9)11)6-10-4-5-12-2/h7,10H,3-6H2,1-2H3,(H2,9,11). The van der Waals surface area contributed by atoms with Crippen molar-refractivity contribution in [3.8, 4) is 0 Å². The second-order valence-electron chi connectivity index (χ2n) is 2.70. The van der Waals surface area contributed by atoms with Crippen LogP contribution in [-0.2, 0) is 9.53 Å². The Bertz CT molecular complexity index is 128. The van der Waals surface area contributed by atoms with E-state index in [1.165, 1.54) is 0 Å². The first-order chi connectivity index (χ1) is 5.72. The normalized spacial score (nSPS) is 12.8. The van der Waals surface area contributed by atoms with Gasteiger partial charge in [-0.15, -0.1) is 0 Å². The van der Waals surface area contributed by atoms with Crippen molar-refractivity contribution in [3.05, 3.63) is 0 Å². The number of ether oxygens (including phenoxy) is 1. The van der Waals surface area contributed by atoms with Gasteiger partial charge in [-0.05, 0) is 6.42 Å². The smallest absolute Gasteiger partial charge is 0.221 e. The van der Waals surface area contributed by atoms with Crippen LogP contribution in [0.4, 0.5) is 0 Å². The number of hydrogen-bond acceptors (Lipinski definition) is 3. The van der Waals surface area contributed by atoms with Crippen molar-refractivity contribution in [2.75, 3.05) is 26.8 Å². The van der Waals surface area contributed by atoms with E-state index in [4.69, 9.17) is 10.5 Å². The molecule has 3 N–H and O–H groups in total. The third kappa shape index (κ3) is 5.09. The van der Waals surface area contributed by atoms with Crippen LogP contribution in [0.1, 0.15) is 13.3 Å². The average molecular weight is 174 g/mol. The maximum Gasteiger partial charge on any atom is 0.221 e. The van der Waals surface area contributed by atoms with Gasteiger partial charge >= 0.3 is 0 Å². The first-order valence-corrected chi connectivity index (χ1v) is 4.21. The monoisotopic (exact) mass is 174 g/mol. The summed E-state index contributed by atoms with van der Waals surface area (Å²) in [5.41, 5.74) is 5.15. The van der Waals surface area contributed by atoms with Gasteiger partial charge in [-0.3, -0.25) is 4.79 Å². The van der Waals surface area contributed by atoms with Gasteiger partial charge in [0.05, 0.1) is 6.61 Å². The summed E-state index contributed by atoms with van der Waals surface area (Å²) >= 11 is 0. The Labute approximate surface area is 73.5 Å². The van der Waals surface area contributed by atoms with Crippen LogP contribution in [-0.4, -0.2) is 32.7 Å². The van der Waals surface area contributed by atoms with E-state index in [0.29, 0.717) is 13.2 Å². The Morgan fingerprint density at radius 3 is 2.75 bits per heavy atom. The van der Waals surface area contributed by atoms with Gasteiger partial charge in [0.1, 0.15) is 0 Å². The number of carbonyl (C=O) groups excluding carboxylic acids is 1. The van der Waals surface area contributed by atoms with Crippen LogP contribution < -0.4 is 11.1 Å². The fourth-order valence-corrected chi connectivity index (χ4v) is 0.897. The maximum atomic E-state index is 10.7. The van der Waals surface area contributed by atoms with Gasteiger partial charge in [0.2, 0.25) is 5.91 Å². The van der Waals surface area contributed by atoms with E-state index in [0.717, 1.165) is 13.0 Å². The highest BCUT2D eigenvalue weighted by Gasteiger charge is 2.10. The molecule has 0 aliphatic carbocycles. The summed E-state index contributed by atoms with van der Waals surface area (Å²) in [5, 5.41) is 3.09. The SMILES string of the molecule is CCC(CNCCOC)C(N)=O. The van der Waals surface area contributed by atoms with Crippen LogP contribution in [0.25, 0.3) is 0 Å². The molecule has 4 nitrogen and oxygen atoms in total. The Hall–Kier alpha value is -0.610. The molecule has 0 fully saturated rings. The van der Waals surface area contributed by atoms with Gasteiger partial charge in [-0.2, -0.15) is 0 Å². The second kappa shape index (κ2) is 7.06. The molecule has 0 aliphatic heterocycles. The van der Waals surface area contributed by atoms with Crippen LogP contribution in [0.2, 0.25) is 0 Å². The minimum atomic E-state index is -0.234. The molecule has 0 heterocycles. The molecule has 4 heteroatoms. The van der Waals surface area contributed by atoms with Crippen LogP contribution in [0.5, 0.6) is 0 Å². The predicted molar refractivity (Wildman–Crippen MR) is 47.7 cm³/mol. The average Bonchev–Trinajstić information content (AvgIpc) is 2.04. The largest absolute Gasteiger partial charge is 0.383 e. The number of rotatable bonds is 7. The Kier molecular flexibility index (Phi) is 6.70. The van der Waals surface area contributed by atoms with Crippen LogP contribution in [0.15, 0.2) is 0 Å². The summed E-state index contributed by atoms with van der Waals surface area (Å²) in [6, 6.07) is 0. The molecule has 72 valence electrons. The molecule has 0 aliphatic rings. The quantitative estimate of drug-likeness (QED) is 0.522. The summed E-state index contributed by atoms with van der Waals surface area (Å²) in [7, 11) is 1.65. The molecule has 1 amide bonds. The molecule has 0 rings (SSSR count). The van der Waals surface area contributed by atoms with Crippen LogP contribution in [0.3, 0.4) is 0 Å². The Balaban J connectivity index is 3.38. The van der Waals surface area contributed by atoms with Crippen molar-refractivity contribution >= 4 is 5.91 Å². The highest BCUT2D eigenvalue weighted by Crippen LogP contribution is 1.98. The van der Waals surface area contributed by atoms with Crippen LogP contribution in [0, 0.1) is 5.92 Å².